The minimum absolute atomic E-state index is 0.00358. The fraction of sp³-hybridized carbons (Fsp3) is 0.755. The molecule has 1 amide bonds. The van der Waals surface area contributed by atoms with Crippen LogP contribution in [-0.4, -0.2) is 90.1 Å². The van der Waals surface area contributed by atoms with Crippen LogP contribution >= 0.6 is 0 Å². The van der Waals surface area contributed by atoms with Gasteiger partial charge in [-0.3, -0.25) is 9.59 Å². The predicted octanol–water partition coefficient (Wildman–Crippen LogP) is 7.48. The first kappa shape index (κ1) is 45.9. The second-order valence-corrected chi connectivity index (χ2v) is 19.5. The minimum atomic E-state index is -0.0528. The smallest absolute Gasteiger partial charge is 0.220 e. The molecule has 11 atom stereocenters. The van der Waals surface area contributed by atoms with E-state index in [0.717, 1.165) is 87.5 Å². The van der Waals surface area contributed by atoms with E-state index in [-0.39, 0.29) is 47.6 Å². The highest BCUT2D eigenvalue weighted by Crippen LogP contribution is 2.69. The van der Waals surface area contributed by atoms with Gasteiger partial charge in [-0.2, -0.15) is 0 Å². The number of ketones is 1. The van der Waals surface area contributed by atoms with Gasteiger partial charge in [0.05, 0.1) is 18.3 Å². The van der Waals surface area contributed by atoms with Gasteiger partial charge in [-0.1, -0.05) is 39.0 Å². The lowest BCUT2D eigenvalue weighted by molar-refractivity contribution is -0.227. The number of hydrogen-bond acceptors (Lipinski definition) is 9. The van der Waals surface area contributed by atoms with Crippen LogP contribution in [0.2, 0.25) is 0 Å². The summed E-state index contributed by atoms with van der Waals surface area (Å²) in [5, 5.41) is 5.26. The molecule has 4 fully saturated rings. The van der Waals surface area contributed by atoms with Crippen molar-refractivity contribution in [3.05, 3.63) is 42.0 Å². The van der Waals surface area contributed by atoms with Crippen LogP contribution in [0.1, 0.15) is 121 Å². The largest absolute Gasteiger partial charge is 0.378 e. The summed E-state index contributed by atoms with van der Waals surface area (Å²) in [6.07, 6.45) is 13.8. The van der Waals surface area contributed by atoms with Crippen molar-refractivity contribution in [2.45, 2.75) is 129 Å². The Morgan fingerprint density at radius 3 is 2.24 bits per heavy atom. The molecule has 0 heterocycles. The number of hydrogen-bond donors (Lipinski definition) is 4. The molecule has 0 aliphatic heterocycles. The van der Waals surface area contributed by atoms with Gasteiger partial charge in [0.2, 0.25) is 5.91 Å². The number of benzene rings is 2. The Kier molecular flexibility index (Phi) is 16.3. The van der Waals surface area contributed by atoms with Gasteiger partial charge < -0.3 is 41.6 Å². The number of carbonyl (C=O) groups is 2. The van der Waals surface area contributed by atoms with Crippen LogP contribution in [0.15, 0.2) is 36.4 Å². The summed E-state index contributed by atoms with van der Waals surface area (Å²) in [7, 11) is 4.04. The average molecular weight is 818 g/mol. The van der Waals surface area contributed by atoms with Crippen molar-refractivity contribution >= 4 is 28.2 Å². The second-order valence-electron chi connectivity index (χ2n) is 19.5. The summed E-state index contributed by atoms with van der Waals surface area (Å²) in [5.74, 6) is 3.13. The summed E-state index contributed by atoms with van der Waals surface area (Å²) in [6.45, 7) is 12.4. The first-order valence-electron chi connectivity index (χ1n) is 23.4. The molecule has 2 aromatic rings. The number of amides is 1. The molecule has 2 unspecified atom stereocenters. The monoisotopic (exact) mass is 818 g/mol. The first-order valence-corrected chi connectivity index (χ1v) is 23.4. The average Bonchev–Trinajstić information content (AvgIpc) is 3.59. The van der Waals surface area contributed by atoms with Crippen molar-refractivity contribution in [1.82, 2.24) is 5.32 Å². The van der Waals surface area contributed by atoms with Crippen LogP contribution in [0.4, 0.5) is 5.69 Å². The standard InChI is InChI=1S/C49H79N5O5/c1-33(10-6-24-53-46(56)18-17-43(55)36-12-11-35-29-38(54(4)5)14-13-34(35)28-36)40-15-16-41-47-42(32-45(49(40,41)3)59-27-9-23-52)48(2)20-19-39(57-25-7-21-50)30-37(48)31-44(47)58-26-8-22-51/h11-14,28-29,33,37,39-42,44-45,47H,6-10,15-27,30-32,50-52H2,1-5H3,(H,53,56)/t33-,37?,39-,40-,41+,42+,44-,45+,47?,48+,49-/m1/s1. The van der Waals surface area contributed by atoms with E-state index in [4.69, 9.17) is 31.4 Å². The zero-order valence-electron chi connectivity index (χ0n) is 37.2. The number of anilines is 1. The number of nitrogens with one attached hydrogen (secondary N) is 1. The van der Waals surface area contributed by atoms with Crippen LogP contribution in [0.5, 0.6) is 0 Å². The van der Waals surface area contributed by atoms with E-state index in [2.05, 4.69) is 49.2 Å². The van der Waals surface area contributed by atoms with E-state index in [1.54, 1.807) is 0 Å². The molecular weight excluding hydrogens is 739 g/mol. The van der Waals surface area contributed by atoms with Crippen LogP contribution in [0.25, 0.3) is 10.8 Å². The highest BCUT2D eigenvalue weighted by atomic mass is 16.5. The molecule has 0 aromatic heterocycles. The number of nitrogens with zero attached hydrogens (tertiary/aromatic N) is 1. The Bertz CT molecular complexity index is 1670. The Morgan fingerprint density at radius 1 is 0.814 bits per heavy atom. The minimum Gasteiger partial charge on any atom is -0.378 e. The highest BCUT2D eigenvalue weighted by molar-refractivity contribution is 6.01. The van der Waals surface area contributed by atoms with E-state index in [0.29, 0.717) is 80.0 Å². The third kappa shape index (κ3) is 10.4. The fourth-order valence-corrected chi connectivity index (χ4v) is 12.6. The van der Waals surface area contributed by atoms with Crippen LogP contribution in [-0.2, 0) is 19.0 Å². The summed E-state index contributed by atoms with van der Waals surface area (Å²) in [4.78, 5) is 28.1. The van der Waals surface area contributed by atoms with Gasteiger partial charge >= 0.3 is 0 Å². The summed E-state index contributed by atoms with van der Waals surface area (Å²) in [5.41, 5.74) is 19.9. The van der Waals surface area contributed by atoms with Gasteiger partial charge in [0.1, 0.15) is 0 Å². The Labute approximate surface area is 355 Å². The van der Waals surface area contributed by atoms with E-state index in [1.807, 2.05) is 32.3 Å². The molecule has 4 aliphatic rings. The molecule has 4 saturated carbocycles. The quantitative estimate of drug-likeness (QED) is 0.0700. The molecule has 7 N–H and O–H groups in total. The molecule has 0 bridgehead atoms. The van der Waals surface area contributed by atoms with Crippen molar-refractivity contribution < 1.29 is 23.8 Å². The molecule has 4 aliphatic carbocycles. The molecular formula is C49H79N5O5. The number of nitrogens with two attached hydrogens (primary N) is 3. The van der Waals surface area contributed by atoms with Crippen LogP contribution < -0.4 is 27.4 Å². The van der Waals surface area contributed by atoms with Crippen molar-refractivity contribution in [2.24, 2.45) is 63.5 Å². The molecule has 10 heteroatoms. The molecule has 59 heavy (non-hydrogen) atoms. The molecule has 330 valence electrons. The number of rotatable bonds is 22. The predicted molar refractivity (Wildman–Crippen MR) is 239 cm³/mol. The lowest BCUT2D eigenvalue weighted by Gasteiger charge is -2.65. The number of ether oxygens (including phenoxy) is 3. The van der Waals surface area contributed by atoms with E-state index < -0.39 is 0 Å². The third-order valence-corrected chi connectivity index (χ3v) is 15.9. The molecule has 0 radical (unpaired) electrons. The van der Waals surface area contributed by atoms with Gasteiger partial charge in [0.25, 0.3) is 0 Å². The Balaban J connectivity index is 1.07. The van der Waals surface area contributed by atoms with E-state index >= 15 is 0 Å². The SMILES string of the molecule is C[C@H](CCCNC(=O)CCC(=O)c1ccc2cc(N(C)C)ccc2c1)[C@H]1CC[C@H]2C3[C@H](OCCCN)CC4C[C@H](OCCCN)CC[C@]4(C)[C@H]3C[C@H](OCCCN)[C@]12C. The van der Waals surface area contributed by atoms with Gasteiger partial charge in [-0.15, -0.1) is 0 Å². The van der Waals surface area contributed by atoms with Gasteiger partial charge in [0.15, 0.2) is 5.78 Å². The normalized spacial score (nSPS) is 31.9. The number of carbonyl (C=O) groups excluding carboxylic acids is 2. The molecule has 2 aromatic carbocycles. The Hall–Kier alpha value is -2.60. The lowest BCUT2D eigenvalue weighted by Crippen LogP contribution is -2.63. The first-order chi connectivity index (χ1) is 28.4. The maximum atomic E-state index is 13.1. The van der Waals surface area contributed by atoms with Gasteiger partial charge in [0, 0.05) is 70.0 Å². The van der Waals surface area contributed by atoms with Crippen LogP contribution in [0, 0.1) is 46.3 Å². The van der Waals surface area contributed by atoms with Crippen molar-refractivity contribution in [3.63, 3.8) is 0 Å². The van der Waals surface area contributed by atoms with Gasteiger partial charge in [-0.05, 0) is 167 Å². The van der Waals surface area contributed by atoms with Crippen molar-refractivity contribution in [3.8, 4) is 0 Å². The zero-order chi connectivity index (χ0) is 42.2. The lowest BCUT2D eigenvalue weighted by atomic mass is 9.43. The molecule has 10 nitrogen and oxygen atoms in total. The molecule has 6 rings (SSSR count). The van der Waals surface area contributed by atoms with E-state index in [9.17, 15) is 9.59 Å². The maximum absolute atomic E-state index is 13.1. The maximum Gasteiger partial charge on any atom is 0.220 e. The summed E-state index contributed by atoms with van der Waals surface area (Å²) < 4.78 is 20.4. The van der Waals surface area contributed by atoms with E-state index in [1.165, 1.54) is 19.3 Å². The van der Waals surface area contributed by atoms with Crippen LogP contribution in [0.3, 0.4) is 0 Å². The Morgan fingerprint density at radius 2 is 1.51 bits per heavy atom. The van der Waals surface area contributed by atoms with Crippen molar-refractivity contribution in [1.29, 1.82) is 0 Å². The zero-order valence-corrected chi connectivity index (χ0v) is 37.2. The topological polar surface area (TPSA) is 155 Å². The van der Waals surface area contributed by atoms with Gasteiger partial charge in [-0.25, -0.2) is 0 Å². The van der Waals surface area contributed by atoms with Crippen molar-refractivity contribution in [2.75, 3.05) is 65.0 Å². The highest BCUT2D eigenvalue weighted by Gasteiger charge is 2.66. The summed E-state index contributed by atoms with van der Waals surface area (Å²) >= 11 is 0. The summed E-state index contributed by atoms with van der Waals surface area (Å²) in [6, 6.07) is 12.1. The molecule has 0 spiro atoms. The number of fused-ring (bicyclic) bond motifs is 6. The fourth-order valence-electron chi connectivity index (χ4n) is 12.6. The second kappa shape index (κ2) is 21.0. The number of Topliss-reactive ketones (excluding diaryl/α,β-unsaturated/α-hetero) is 1. The third-order valence-electron chi connectivity index (χ3n) is 15.9. The molecule has 0 saturated heterocycles.